The van der Waals surface area contributed by atoms with Crippen LogP contribution in [0, 0.1) is 18.3 Å². The average Bonchev–Trinajstić information content (AvgIpc) is 2.74. The van der Waals surface area contributed by atoms with Crippen molar-refractivity contribution in [2.45, 2.75) is 19.4 Å². The lowest BCUT2D eigenvalue weighted by Crippen LogP contribution is -2.23. The van der Waals surface area contributed by atoms with Gasteiger partial charge in [0.1, 0.15) is 6.07 Å². The predicted molar refractivity (Wildman–Crippen MR) is 60.8 cm³/mol. The minimum absolute atomic E-state index is 0.457. The van der Waals surface area contributed by atoms with Crippen molar-refractivity contribution >= 4 is 5.69 Å². The summed E-state index contributed by atoms with van der Waals surface area (Å²) in [5.74, 6) is 0. The van der Waals surface area contributed by atoms with Crippen molar-refractivity contribution in [3.8, 4) is 6.07 Å². The maximum atomic E-state index is 9.01. The van der Waals surface area contributed by atoms with Crippen molar-refractivity contribution in [1.82, 2.24) is 5.32 Å². The lowest BCUT2D eigenvalue weighted by molar-refractivity contribution is 0.792. The third-order valence-electron chi connectivity index (χ3n) is 2.80. The van der Waals surface area contributed by atoms with E-state index in [0.29, 0.717) is 6.04 Å². The van der Waals surface area contributed by atoms with Crippen molar-refractivity contribution in [3.05, 3.63) is 29.3 Å². The van der Waals surface area contributed by atoms with E-state index in [2.05, 4.69) is 16.7 Å². The normalized spacial score (nSPS) is 19.9. The van der Waals surface area contributed by atoms with Crippen molar-refractivity contribution in [3.63, 3.8) is 0 Å². The summed E-state index contributed by atoms with van der Waals surface area (Å²) in [5.41, 5.74) is 2.87. The summed E-state index contributed by atoms with van der Waals surface area (Å²) < 4.78 is 0. The molecule has 1 aromatic rings. The first-order valence-corrected chi connectivity index (χ1v) is 5.28. The van der Waals surface area contributed by atoms with E-state index < -0.39 is 0 Å². The Morgan fingerprint density at radius 3 is 3.07 bits per heavy atom. The smallest absolute Gasteiger partial charge is 0.101 e. The van der Waals surface area contributed by atoms with Crippen LogP contribution in [0.15, 0.2) is 18.2 Å². The summed E-state index contributed by atoms with van der Waals surface area (Å²) in [6.07, 6.45) is 1.12. The van der Waals surface area contributed by atoms with Gasteiger partial charge >= 0.3 is 0 Å². The molecule has 0 aliphatic carbocycles. The summed E-state index contributed by atoms with van der Waals surface area (Å²) in [5, 5.41) is 15.8. The first-order valence-electron chi connectivity index (χ1n) is 5.28. The van der Waals surface area contributed by atoms with Crippen LogP contribution in [0.1, 0.15) is 17.5 Å². The van der Waals surface area contributed by atoms with Crippen molar-refractivity contribution in [2.24, 2.45) is 0 Å². The topological polar surface area (TPSA) is 47.9 Å². The number of nitrogens with zero attached hydrogens (tertiary/aromatic N) is 1. The molecule has 1 aliphatic heterocycles. The van der Waals surface area contributed by atoms with Crippen molar-refractivity contribution < 1.29 is 0 Å². The number of anilines is 1. The summed E-state index contributed by atoms with van der Waals surface area (Å²) >= 11 is 0. The van der Waals surface area contributed by atoms with E-state index in [9.17, 15) is 0 Å². The van der Waals surface area contributed by atoms with Gasteiger partial charge in [0.05, 0.1) is 11.3 Å². The minimum Gasteiger partial charge on any atom is -0.380 e. The molecule has 1 aliphatic rings. The number of rotatable bonds is 2. The molecule has 3 nitrogen and oxygen atoms in total. The van der Waals surface area contributed by atoms with E-state index in [1.165, 1.54) is 0 Å². The van der Waals surface area contributed by atoms with E-state index in [0.717, 1.165) is 36.3 Å². The highest BCUT2D eigenvalue weighted by molar-refractivity contribution is 5.62. The minimum atomic E-state index is 0.457. The zero-order chi connectivity index (χ0) is 10.7. The van der Waals surface area contributed by atoms with Gasteiger partial charge in [0.25, 0.3) is 0 Å². The number of hydrogen-bond donors (Lipinski definition) is 2. The molecule has 78 valence electrons. The number of hydrogen-bond acceptors (Lipinski definition) is 3. The molecule has 15 heavy (non-hydrogen) atoms. The molecule has 2 rings (SSSR count). The molecule has 0 radical (unpaired) electrons. The van der Waals surface area contributed by atoms with E-state index in [1.807, 2.05) is 25.1 Å². The fourth-order valence-electron chi connectivity index (χ4n) is 1.93. The molecule has 0 bridgehead atoms. The van der Waals surface area contributed by atoms with Gasteiger partial charge < -0.3 is 10.6 Å². The van der Waals surface area contributed by atoms with E-state index >= 15 is 0 Å². The molecular weight excluding hydrogens is 186 g/mol. The zero-order valence-electron chi connectivity index (χ0n) is 8.88. The third kappa shape index (κ3) is 2.11. The van der Waals surface area contributed by atoms with Crippen LogP contribution in [-0.2, 0) is 0 Å². The molecule has 1 fully saturated rings. The molecule has 1 atom stereocenters. The quantitative estimate of drug-likeness (QED) is 0.764. The van der Waals surface area contributed by atoms with Gasteiger partial charge in [-0.1, -0.05) is 12.1 Å². The van der Waals surface area contributed by atoms with Crippen molar-refractivity contribution in [2.75, 3.05) is 18.4 Å². The molecular formula is C12H15N3. The Bertz CT molecular complexity index is 386. The Hall–Kier alpha value is -1.53. The molecule has 0 amide bonds. The fraction of sp³-hybridized carbons (Fsp3) is 0.417. The van der Waals surface area contributed by atoms with Crippen LogP contribution in [0.3, 0.4) is 0 Å². The monoisotopic (exact) mass is 201 g/mol. The van der Waals surface area contributed by atoms with Gasteiger partial charge in [-0.2, -0.15) is 5.26 Å². The molecule has 1 unspecified atom stereocenters. The second-order valence-corrected chi connectivity index (χ2v) is 3.94. The highest BCUT2D eigenvalue weighted by Gasteiger charge is 2.16. The third-order valence-corrected chi connectivity index (χ3v) is 2.80. The first kappa shape index (κ1) is 10.0. The van der Waals surface area contributed by atoms with Crippen LogP contribution in [0.25, 0.3) is 0 Å². The fourth-order valence-corrected chi connectivity index (χ4v) is 1.93. The number of aryl methyl sites for hydroxylation is 1. The summed E-state index contributed by atoms with van der Waals surface area (Å²) in [6.45, 7) is 4.08. The van der Waals surface area contributed by atoms with Gasteiger partial charge in [-0.3, -0.25) is 0 Å². The van der Waals surface area contributed by atoms with Gasteiger partial charge in [-0.25, -0.2) is 0 Å². The molecule has 0 spiro atoms. The molecule has 1 heterocycles. The lowest BCUT2D eigenvalue weighted by atomic mass is 10.1. The number of benzene rings is 1. The predicted octanol–water partition coefficient (Wildman–Crippen LogP) is 1.64. The van der Waals surface area contributed by atoms with Gasteiger partial charge in [0.15, 0.2) is 0 Å². The van der Waals surface area contributed by atoms with Gasteiger partial charge in [0, 0.05) is 12.6 Å². The van der Waals surface area contributed by atoms with Crippen LogP contribution in [-0.4, -0.2) is 19.1 Å². The highest BCUT2D eigenvalue weighted by Crippen LogP contribution is 2.21. The molecule has 3 heteroatoms. The standard InChI is InChI=1S/C12H15N3/c1-9-3-2-4-10(7-13)12(9)15-11-5-6-14-8-11/h2-4,11,14-15H,5-6,8H2,1H3. The zero-order valence-corrected chi connectivity index (χ0v) is 8.88. The summed E-state index contributed by atoms with van der Waals surface area (Å²) in [7, 11) is 0. The average molecular weight is 201 g/mol. The van der Waals surface area contributed by atoms with Gasteiger partial charge in [-0.05, 0) is 31.5 Å². The lowest BCUT2D eigenvalue weighted by Gasteiger charge is -2.16. The number of nitriles is 1. The van der Waals surface area contributed by atoms with Crippen LogP contribution >= 0.6 is 0 Å². The summed E-state index contributed by atoms with van der Waals surface area (Å²) in [6, 6.07) is 8.50. The van der Waals surface area contributed by atoms with E-state index in [-0.39, 0.29) is 0 Å². The largest absolute Gasteiger partial charge is 0.380 e. The van der Waals surface area contributed by atoms with Crippen molar-refractivity contribution in [1.29, 1.82) is 5.26 Å². The van der Waals surface area contributed by atoms with Gasteiger partial charge in [0.2, 0.25) is 0 Å². The first-order chi connectivity index (χ1) is 7.31. The Balaban J connectivity index is 2.22. The Labute approximate surface area is 90.1 Å². The van der Waals surface area contributed by atoms with E-state index in [1.54, 1.807) is 0 Å². The molecule has 0 saturated carbocycles. The SMILES string of the molecule is Cc1cccc(C#N)c1NC1CCNC1. The number of para-hydroxylation sites is 1. The Kier molecular flexibility index (Phi) is 2.89. The van der Waals surface area contributed by atoms with Crippen LogP contribution in [0.4, 0.5) is 5.69 Å². The maximum absolute atomic E-state index is 9.01. The highest BCUT2D eigenvalue weighted by atomic mass is 15.0. The molecule has 1 aromatic carbocycles. The number of nitrogens with one attached hydrogen (secondary N) is 2. The molecule has 0 aromatic heterocycles. The Morgan fingerprint density at radius 2 is 2.40 bits per heavy atom. The van der Waals surface area contributed by atoms with Crippen LogP contribution in [0.2, 0.25) is 0 Å². The second-order valence-electron chi connectivity index (χ2n) is 3.94. The maximum Gasteiger partial charge on any atom is 0.101 e. The second kappa shape index (κ2) is 4.33. The van der Waals surface area contributed by atoms with Gasteiger partial charge in [-0.15, -0.1) is 0 Å². The summed E-state index contributed by atoms with van der Waals surface area (Å²) in [4.78, 5) is 0. The molecule has 2 N–H and O–H groups in total. The van der Waals surface area contributed by atoms with Crippen LogP contribution < -0.4 is 10.6 Å². The molecule has 1 saturated heterocycles. The Morgan fingerprint density at radius 1 is 1.53 bits per heavy atom. The van der Waals surface area contributed by atoms with E-state index in [4.69, 9.17) is 5.26 Å². The van der Waals surface area contributed by atoms with Crippen LogP contribution in [0.5, 0.6) is 0 Å².